The van der Waals surface area contributed by atoms with E-state index >= 15 is 0 Å². The number of hydrazone groups is 1. The van der Waals surface area contributed by atoms with Crippen LogP contribution in [0.15, 0.2) is 58.1 Å². The average Bonchev–Trinajstić information content (AvgIpc) is 2.40. The fourth-order valence-corrected chi connectivity index (χ4v) is 1.87. The molecule has 0 fully saturated rings. The summed E-state index contributed by atoms with van der Waals surface area (Å²) in [6.07, 6.45) is 1.73. The Kier molecular flexibility index (Phi) is 4.36. The van der Waals surface area contributed by atoms with Gasteiger partial charge in [0.05, 0.1) is 19.0 Å². The van der Waals surface area contributed by atoms with Crippen molar-refractivity contribution in [2.24, 2.45) is 5.10 Å². The van der Waals surface area contributed by atoms with Crippen molar-refractivity contribution in [3.8, 4) is 5.75 Å². The van der Waals surface area contributed by atoms with Gasteiger partial charge in [-0.05, 0) is 30.3 Å². The van der Waals surface area contributed by atoms with Crippen molar-refractivity contribution in [3.63, 3.8) is 0 Å². The molecule has 0 saturated heterocycles. The zero-order chi connectivity index (χ0) is 12.8. The lowest BCUT2D eigenvalue weighted by Crippen LogP contribution is -1.94. The lowest BCUT2D eigenvalue weighted by molar-refractivity contribution is 0.414. The largest absolute Gasteiger partial charge is 0.496 e. The lowest BCUT2D eigenvalue weighted by Gasteiger charge is -2.04. The lowest BCUT2D eigenvalue weighted by atomic mass is 10.2. The molecular formula is C14H13BrN2O. The second kappa shape index (κ2) is 6.21. The van der Waals surface area contributed by atoms with Crippen LogP contribution in [-0.2, 0) is 0 Å². The SMILES string of the molecule is COc1ccc(Br)cc1/C=N/Nc1ccccc1. The van der Waals surface area contributed by atoms with Crippen molar-refractivity contribution in [1.29, 1.82) is 0 Å². The van der Waals surface area contributed by atoms with Gasteiger partial charge in [0.1, 0.15) is 5.75 Å². The molecule has 2 aromatic rings. The summed E-state index contributed by atoms with van der Waals surface area (Å²) in [6.45, 7) is 0. The van der Waals surface area contributed by atoms with E-state index in [1.807, 2.05) is 48.5 Å². The minimum absolute atomic E-state index is 0.789. The van der Waals surface area contributed by atoms with Gasteiger partial charge in [0, 0.05) is 10.0 Å². The van der Waals surface area contributed by atoms with E-state index < -0.39 is 0 Å². The Morgan fingerprint density at radius 3 is 2.67 bits per heavy atom. The van der Waals surface area contributed by atoms with E-state index in [9.17, 15) is 0 Å². The molecule has 0 bridgehead atoms. The number of methoxy groups -OCH3 is 1. The second-order valence-electron chi connectivity index (χ2n) is 3.62. The number of rotatable bonds is 4. The number of ether oxygens (including phenoxy) is 1. The van der Waals surface area contributed by atoms with Gasteiger partial charge in [0.25, 0.3) is 0 Å². The van der Waals surface area contributed by atoms with Crippen LogP contribution < -0.4 is 10.2 Å². The van der Waals surface area contributed by atoms with E-state index in [2.05, 4.69) is 26.5 Å². The predicted octanol–water partition coefficient (Wildman–Crippen LogP) is 3.90. The van der Waals surface area contributed by atoms with Crippen LogP contribution in [0, 0.1) is 0 Å². The topological polar surface area (TPSA) is 33.6 Å². The van der Waals surface area contributed by atoms with Crippen LogP contribution in [0.25, 0.3) is 0 Å². The fourth-order valence-electron chi connectivity index (χ4n) is 1.50. The number of anilines is 1. The quantitative estimate of drug-likeness (QED) is 0.686. The molecule has 0 spiro atoms. The molecule has 0 aliphatic rings. The molecule has 3 nitrogen and oxygen atoms in total. The molecular weight excluding hydrogens is 292 g/mol. The van der Waals surface area contributed by atoms with Crippen molar-refractivity contribution in [2.75, 3.05) is 12.5 Å². The molecule has 18 heavy (non-hydrogen) atoms. The first kappa shape index (κ1) is 12.6. The Bertz CT molecular complexity index is 541. The summed E-state index contributed by atoms with van der Waals surface area (Å²) in [5, 5.41) is 4.19. The van der Waals surface area contributed by atoms with E-state index in [1.54, 1.807) is 13.3 Å². The first-order valence-corrected chi connectivity index (χ1v) is 6.26. The Morgan fingerprint density at radius 2 is 1.94 bits per heavy atom. The van der Waals surface area contributed by atoms with Gasteiger partial charge < -0.3 is 4.74 Å². The smallest absolute Gasteiger partial charge is 0.127 e. The maximum Gasteiger partial charge on any atom is 0.127 e. The highest BCUT2D eigenvalue weighted by molar-refractivity contribution is 9.10. The molecule has 0 heterocycles. The number of nitrogens with zero attached hydrogens (tertiary/aromatic N) is 1. The molecule has 0 saturated carbocycles. The molecule has 4 heteroatoms. The van der Waals surface area contributed by atoms with E-state index in [1.165, 1.54) is 0 Å². The molecule has 0 atom stereocenters. The van der Waals surface area contributed by atoms with Gasteiger partial charge in [-0.1, -0.05) is 34.1 Å². The summed E-state index contributed by atoms with van der Waals surface area (Å²) >= 11 is 3.42. The third-order valence-corrected chi connectivity index (χ3v) is 2.86. The Labute approximate surface area is 115 Å². The van der Waals surface area contributed by atoms with E-state index in [0.29, 0.717) is 0 Å². The van der Waals surface area contributed by atoms with E-state index in [-0.39, 0.29) is 0 Å². The van der Waals surface area contributed by atoms with Gasteiger partial charge in [-0.25, -0.2) is 0 Å². The van der Waals surface area contributed by atoms with Crippen molar-refractivity contribution in [2.45, 2.75) is 0 Å². The van der Waals surface area contributed by atoms with Gasteiger partial charge in [0.15, 0.2) is 0 Å². The Balaban J connectivity index is 2.11. The highest BCUT2D eigenvalue weighted by Gasteiger charge is 2.00. The number of benzene rings is 2. The molecule has 0 aliphatic carbocycles. The van der Waals surface area contributed by atoms with Crippen LogP contribution >= 0.6 is 15.9 Å². The molecule has 2 rings (SSSR count). The molecule has 92 valence electrons. The monoisotopic (exact) mass is 304 g/mol. The number of nitrogens with one attached hydrogen (secondary N) is 1. The standard InChI is InChI=1S/C14H13BrN2O/c1-18-14-8-7-12(15)9-11(14)10-16-17-13-5-3-2-4-6-13/h2-10,17H,1H3/b16-10+. The molecule has 0 unspecified atom stereocenters. The summed E-state index contributed by atoms with van der Waals surface area (Å²) in [4.78, 5) is 0. The van der Waals surface area contributed by atoms with Gasteiger partial charge >= 0.3 is 0 Å². The minimum atomic E-state index is 0.789. The predicted molar refractivity (Wildman–Crippen MR) is 78.4 cm³/mol. The van der Waals surface area contributed by atoms with Crippen molar-refractivity contribution < 1.29 is 4.74 Å². The zero-order valence-electron chi connectivity index (χ0n) is 9.93. The highest BCUT2D eigenvalue weighted by Crippen LogP contribution is 2.21. The molecule has 0 radical (unpaired) electrons. The second-order valence-corrected chi connectivity index (χ2v) is 4.54. The van der Waals surface area contributed by atoms with Gasteiger partial charge in [-0.2, -0.15) is 5.10 Å². The summed E-state index contributed by atoms with van der Waals surface area (Å²) in [7, 11) is 1.64. The van der Waals surface area contributed by atoms with E-state index in [4.69, 9.17) is 4.74 Å². The molecule has 0 aromatic heterocycles. The first-order valence-electron chi connectivity index (χ1n) is 5.47. The maximum absolute atomic E-state index is 5.26. The third kappa shape index (κ3) is 3.34. The van der Waals surface area contributed by atoms with Gasteiger partial charge in [-0.3, -0.25) is 5.43 Å². The minimum Gasteiger partial charge on any atom is -0.496 e. The van der Waals surface area contributed by atoms with Crippen LogP contribution in [0.5, 0.6) is 5.75 Å². The molecule has 1 N–H and O–H groups in total. The third-order valence-electron chi connectivity index (χ3n) is 2.36. The van der Waals surface area contributed by atoms with E-state index in [0.717, 1.165) is 21.5 Å². The molecule has 2 aromatic carbocycles. The van der Waals surface area contributed by atoms with Crippen molar-refractivity contribution >= 4 is 27.8 Å². The van der Waals surface area contributed by atoms with Crippen LogP contribution in [0.3, 0.4) is 0 Å². The first-order chi connectivity index (χ1) is 8.79. The van der Waals surface area contributed by atoms with Gasteiger partial charge in [0.2, 0.25) is 0 Å². The molecule has 0 aliphatic heterocycles. The van der Waals surface area contributed by atoms with Crippen LogP contribution in [-0.4, -0.2) is 13.3 Å². The number of halogens is 1. The summed E-state index contributed by atoms with van der Waals surface area (Å²) in [6, 6.07) is 15.6. The summed E-state index contributed by atoms with van der Waals surface area (Å²) in [5.41, 5.74) is 4.82. The average molecular weight is 305 g/mol. The highest BCUT2D eigenvalue weighted by atomic mass is 79.9. The van der Waals surface area contributed by atoms with Crippen LogP contribution in [0.2, 0.25) is 0 Å². The van der Waals surface area contributed by atoms with Crippen molar-refractivity contribution in [3.05, 3.63) is 58.6 Å². The van der Waals surface area contributed by atoms with Crippen molar-refractivity contribution in [1.82, 2.24) is 0 Å². The maximum atomic E-state index is 5.26. The summed E-state index contributed by atoms with van der Waals surface area (Å²) < 4.78 is 6.25. The van der Waals surface area contributed by atoms with Crippen LogP contribution in [0.1, 0.15) is 5.56 Å². The fraction of sp³-hybridized carbons (Fsp3) is 0.0714. The normalized spacial score (nSPS) is 10.6. The Hall–Kier alpha value is -1.81. The number of para-hydroxylation sites is 1. The Morgan fingerprint density at radius 1 is 1.17 bits per heavy atom. The molecule has 0 amide bonds. The van der Waals surface area contributed by atoms with Crippen LogP contribution in [0.4, 0.5) is 5.69 Å². The number of hydrogen-bond acceptors (Lipinski definition) is 3. The zero-order valence-corrected chi connectivity index (χ0v) is 11.5. The van der Waals surface area contributed by atoms with Gasteiger partial charge in [-0.15, -0.1) is 0 Å². The summed E-state index contributed by atoms with van der Waals surface area (Å²) in [5.74, 6) is 0.789. The number of hydrogen-bond donors (Lipinski definition) is 1.